The molecular weight excluding hydrogens is 212 g/mol. The maximum atomic E-state index is 6.23. The number of rotatable bonds is 2. The van der Waals surface area contributed by atoms with Gasteiger partial charge >= 0.3 is 0 Å². The summed E-state index contributed by atoms with van der Waals surface area (Å²) in [5, 5.41) is 8.11. The van der Waals surface area contributed by atoms with Crippen molar-refractivity contribution in [1.82, 2.24) is 14.8 Å². The first-order valence-corrected chi connectivity index (χ1v) is 5.71. The second kappa shape index (κ2) is 4.30. The first kappa shape index (κ1) is 11.8. The zero-order chi connectivity index (χ0) is 12.5. The van der Waals surface area contributed by atoms with E-state index in [1.54, 1.807) is 6.33 Å². The molecule has 2 N–H and O–H groups in total. The summed E-state index contributed by atoms with van der Waals surface area (Å²) in [6.07, 6.45) is 1.70. The van der Waals surface area contributed by atoms with E-state index >= 15 is 0 Å². The smallest absolute Gasteiger partial charge is 0.154 e. The second-order valence-corrected chi connectivity index (χ2v) is 5.24. The topological polar surface area (TPSA) is 56.7 Å². The highest BCUT2D eigenvalue weighted by Gasteiger charge is 2.26. The Morgan fingerprint density at radius 2 is 1.82 bits per heavy atom. The monoisotopic (exact) mass is 230 g/mol. The third kappa shape index (κ3) is 2.36. The van der Waals surface area contributed by atoms with Crippen molar-refractivity contribution in [3.05, 3.63) is 42.5 Å². The van der Waals surface area contributed by atoms with Crippen LogP contribution in [0.3, 0.4) is 0 Å². The van der Waals surface area contributed by atoms with Crippen molar-refractivity contribution >= 4 is 0 Å². The van der Waals surface area contributed by atoms with E-state index in [1.165, 1.54) is 0 Å². The molecule has 1 heterocycles. The molecule has 4 heteroatoms. The molecule has 2 rings (SSSR count). The number of para-hydroxylation sites is 1. The molecule has 0 spiro atoms. The van der Waals surface area contributed by atoms with Crippen LogP contribution in [0.1, 0.15) is 32.6 Å². The summed E-state index contributed by atoms with van der Waals surface area (Å²) >= 11 is 0. The van der Waals surface area contributed by atoms with Crippen LogP contribution >= 0.6 is 0 Å². The summed E-state index contributed by atoms with van der Waals surface area (Å²) in [6, 6.07) is 9.84. The van der Waals surface area contributed by atoms with Crippen LogP contribution in [0.5, 0.6) is 0 Å². The standard InChI is InChI=1S/C13H18N4/c1-13(2,3)11(14)12-16-15-9-17(12)10-7-5-4-6-8-10/h4-9,11H,14H2,1-3H3/t11-/m1/s1. The summed E-state index contributed by atoms with van der Waals surface area (Å²) in [7, 11) is 0. The summed E-state index contributed by atoms with van der Waals surface area (Å²) in [6.45, 7) is 6.30. The molecule has 4 nitrogen and oxygen atoms in total. The Kier molecular flexibility index (Phi) is 2.98. The first-order chi connectivity index (χ1) is 8.00. The molecule has 0 amide bonds. The van der Waals surface area contributed by atoms with E-state index in [1.807, 2.05) is 34.9 Å². The van der Waals surface area contributed by atoms with Gasteiger partial charge in [0.05, 0.1) is 6.04 Å². The highest BCUT2D eigenvalue weighted by Crippen LogP contribution is 2.29. The van der Waals surface area contributed by atoms with Gasteiger partial charge in [-0.25, -0.2) is 0 Å². The van der Waals surface area contributed by atoms with E-state index < -0.39 is 0 Å². The predicted molar refractivity (Wildman–Crippen MR) is 67.7 cm³/mol. The van der Waals surface area contributed by atoms with E-state index in [2.05, 4.69) is 31.0 Å². The van der Waals surface area contributed by atoms with Crippen LogP contribution in [0.4, 0.5) is 0 Å². The van der Waals surface area contributed by atoms with Gasteiger partial charge < -0.3 is 5.73 Å². The molecule has 0 fully saturated rings. The lowest BCUT2D eigenvalue weighted by Crippen LogP contribution is -2.29. The maximum absolute atomic E-state index is 6.23. The number of nitrogens with zero attached hydrogens (tertiary/aromatic N) is 3. The largest absolute Gasteiger partial charge is 0.321 e. The van der Waals surface area contributed by atoms with Crippen molar-refractivity contribution in [3.8, 4) is 5.69 Å². The molecule has 1 aromatic heterocycles. The fourth-order valence-corrected chi connectivity index (χ4v) is 1.63. The van der Waals surface area contributed by atoms with Crippen molar-refractivity contribution in [2.24, 2.45) is 11.1 Å². The van der Waals surface area contributed by atoms with Crippen molar-refractivity contribution in [2.75, 3.05) is 0 Å². The maximum Gasteiger partial charge on any atom is 0.154 e. The van der Waals surface area contributed by atoms with Gasteiger partial charge in [0.25, 0.3) is 0 Å². The van der Waals surface area contributed by atoms with Gasteiger partial charge in [-0.1, -0.05) is 39.0 Å². The average Bonchev–Trinajstić information content (AvgIpc) is 2.76. The quantitative estimate of drug-likeness (QED) is 0.861. The van der Waals surface area contributed by atoms with Crippen LogP contribution in [0.15, 0.2) is 36.7 Å². The molecule has 17 heavy (non-hydrogen) atoms. The van der Waals surface area contributed by atoms with Gasteiger partial charge in [-0.3, -0.25) is 4.57 Å². The number of hydrogen-bond donors (Lipinski definition) is 1. The van der Waals surface area contributed by atoms with Crippen molar-refractivity contribution in [3.63, 3.8) is 0 Å². The second-order valence-electron chi connectivity index (χ2n) is 5.24. The Bertz CT molecular complexity index is 482. The molecule has 0 unspecified atom stereocenters. The number of benzene rings is 1. The minimum Gasteiger partial charge on any atom is -0.321 e. The van der Waals surface area contributed by atoms with Crippen molar-refractivity contribution in [1.29, 1.82) is 0 Å². The molecule has 1 atom stereocenters. The zero-order valence-electron chi connectivity index (χ0n) is 10.5. The van der Waals surface area contributed by atoms with E-state index in [9.17, 15) is 0 Å². The first-order valence-electron chi connectivity index (χ1n) is 5.71. The lowest BCUT2D eigenvalue weighted by atomic mass is 9.87. The van der Waals surface area contributed by atoms with Crippen LogP contribution in [0.25, 0.3) is 5.69 Å². The van der Waals surface area contributed by atoms with Gasteiger partial charge in [-0.05, 0) is 17.5 Å². The minimum absolute atomic E-state index is 0.0421. The van der Waals surface area contributed by atoms with Crippen molar-refractivity contribution < 1.29 is 0 Å². The third-order valence-corrected chi connectivity index (χ3v) is 2.82. The number of aromatic nitrogens is 3. The third-order valence-electron chi connectivity index (χ3n) is 2.82. The Balaban J connectivity index is 2.43. The van der Waals surface area contributed by atoms with Gasteiger partial charge in [0.2, 0.25) is 0 Å². The van der Waals surface area contributed by atoms with Crippen LogP contribution < -0.4 is 5.73 Å². The Labute approximate surface area is 101 Å². The van der Waals surface area contributed by atoms with Gasteiger partial charge in [0.1, 0.15) is 6.33 Å². The Morgan fingerprint density at radius 1 is 1.18 bits per heavy atom. The molecule has 90 valence electrons. The molecular formula is C13H18N4. The molecule has 0 saturated carbocycles. The summed E-state index contributed by atoms with van der Waals surface area (Å²) in [5.74, 6) is 0.795. The molecule has 0 aliphatic carbocycles. The summed E-state index contributed by atoms with van der Waals surface area (Å²) in [4.78, 5) is 0. The van der Waals surface area contributed by atoms with E-state index in [0.717, 1.165) is 11.5 Å². The lowest BCUT2D eigenvalue weighted by Gasteiger charge is -2.26. The van der Waals surface area contributed by atoms with Crippen LogP contribution in [0, 0.1) is 5.41 Å². The molecule has 0 radical (unpaired) electrons. The SMILES string of the molecule is CC(C)(C)[C@H](N)c1nncn1-c1ccccc1. The molecule has 0 saturated heterocycles. The van der Waals surface area contributed by atoms with E-state index in [0.29, 0.717) is 0 Å². The highest BCUT2D eigenvalue weighted by atomic mass is 15.3. The van der Waals surface area contributed by atoms with Crippen molar-refractivity contribution in [2.45, 2.75) is 26.8 Å². The minimum atomic E-state index is -0.148. The normalized spacial score (nSPS) is 13.6. The zero-order valence-corrected chi connectivity index (χ0v) is 10.5. The molecule has 0 bridgehead atoms. The van der Waals surface area contributed by atoms with Gasteiger partial charge in [0.15, 0.2) is 5.82 Å². The Hall–Kier alpha value is -1.68. The van der Waals surface area contributed by atoms with Crippen LogP contribution in [0.2, 0.25) is 0 Å². The Morgan fingerprint density at radius 3 is 2.41 bits per heavy atom. The molecule has 1 aromatic carbocycles. The number of nitrogens with two attached hydrogens (primary N) is 1. The van der Waals surface area contributed by atoms with Gasteiger partial charge in [-0.2, -0.15) is 0 Å². The summed E-state index contributed by atoms with van der Waals surface area (Å²) < 4.78 is 1.94. The van der Waals surface area contributed by atoms with E-state index in [-0.39, 0.29) is 11.5 Å². The number of hydrogen-bond acceptors (Lipinski definition) is 3. The molecule has 2 aromatic rings. The van der Waals surface area contributed by atoms with Crippen LogP contribution in [-0.4, -0.2) is 14.8 Å². The fourth-order valence-electron chi connectivity index (χ4n) is 1.63. The predicted octanol–water partition coefficient (Wildman–Crippen LogP) is 2.31. The lowest BCUT2D eigenvalue weighted by molar-refractivity contribution is 0.312. The highest BCUT2D eigenvalue weighted by molar-refractivity contribution is 5.32. The fraction of sp³-hybridized carbons (Fsp3) is 0.385. The van der Waals surface area contributed by atoms with Gasteiger partial charge in [0, 0.05) is 5.69 Å². The molecule has 0 aliphatic rings. The average molecular weight is 230 g/mol. The van der Waals surface area contributed by atoms with Gasteiger partial charge in [-0.15, -0.1) is 10.2 Å². The van der Waals surface area contributed by atoms with E-state index in [4.69, 9.17) is 5.73 Å². The summed E-state index contributed by atoms with van der Waals surface area (Å²) in [5.41, 5.74) is 7.22. The molecule has 0 aliphatic heterocycles. The van der Waals surface area contributed by atoms with Crippen LogP contribution in [-0.2, 0) is 0 Å².